The van der Waals surface area contributed by atoms with Gasteiger partial charge in [0.15, 0.2) is 11.5 Å². The van der Waals surface area contributed by atoms with E-state index in [-0.39, 0.29) is 11.6 Å². The first-order valence-corrected chi connectivity index (χ1v) is 8.48. The number of ether oxygens (including phenoxy) is 3. The third kappa shape index (κ3) is 3.16. The van der Waals surface area contributed by atoms with Crippen molar-refractivity contribution >= 4 is 0 Å². The molecule has 0 saturated carbocycles. The lowest BCUT2D eigenvalue weighted by Crippen LogP contribution is -2.37. The van der Waals surface area contributed by atoms with E-state index in [2.05, 4.69) is 42.3 Å². The first-order valence-electron chi connectivity index (χ1n) is 8.48. The summed E-state index contributed by atoms with van der Waals surface area (Å²) >= 11 is 0. The molecule has 5 nitrogen and oxygen atoms in total. The zero-order valence-electron chi connectivity index (χ0n) is 15.5. The zero-order valence-corrected chi connectivity index (χ0v) is 15.5. The number of hydrogen-bond acceptors (Lipinski definition) is 5. The summed E-state index contributed by atoms with van der Waals surface area (Å²) in [5, 5.41) is 3.76. The van der Waals surface area contributed by atoms with Gasteiger partial charge in [0.25, 0.3) is 0 Å². The van der Waals surface area contributed by atoms with Crippen molar-refractivity contribution in [3.8, 4) is 17.2 Å². The van der Waals surface area contributed by atoms with Gasteiger partial charge in [-0.2, -0.15) is 0 Å². The molecule has 2 aromatic rings. The molecule has 1 aromatic heterocycles. The van der Waals surface area contributed by atoms with E-state index < -0.39 is 0 Å². The Bertz CT molecular complexity index is 731. The van der Waals surface area contributed by atoms with E-state index in [1.807, 2.05) is 18.5 Å². The van der Waals surface area contributed by atoms with Crippen molar-refractivity contribution in [3.05, 3.63) is 47.8 Å². The van der Waals surface area contributed by atoms with Crippen LogP contribution in [0.1, 0.15) is 43.4 Å². The summed E-state index contributed by atoms with van der Waals surface area (Å²) in [5.41, 5.74) is 2.35. The normalized spacial score (nSPS) is 21.8. The second-order valence-corrected chi connectivity index (χ2v) is 6.91. The van der Waals surface area contributed by atoms with Crippen LogP contribution in [0.5, 0.6) is 17.2 Å². The Hall–Kier alpha value is -2.27. The van der Waals surface area contributed by atoms with E-state index in [1.165, 1.54) is 5.56 Å². The van der Waals surface area contributed by atoms with E-state index in [0.717, 1.165) is 17.7 Å². The standard InChI is InChI=1S/C20H26N2O3/c1-20(2)15(13-8-10-21-11-9-13)12-16(22-20)14-6-7-17(23-3)19(25-5)18(14)24-4/h6-11,15-16,22H,12H2,1-5H3. The van der Waals surface area contributed by atoms with Crippen molar-refractivity contribution < 1.29 is 14.2 Å². The zero-order chi connectivity index (χ0) is 18.0. The highest BCUT2D eigenvalue weighted by atomic mass is 16.5. The molecule has 0 radical (unpaired) electrons. The van der Waals surface area contributed by atoms with Crippen molar-refractivity contribution in [2.24, 2.45) is 0 Å². The molecule has 0 aliphatic carbocycles. The van der Waals surface area contributed by atoms with Gasteiger partial charge in [0.2, 0.25) is 5.75 Å². The third-order valence-electron chi connectivity index (χ3n) is 5.11. The molecule has 25 heavy (non-hydrogen) atoms. The van der Waals surface area contributed by atoms with E-state index in [9.17, 15) is 0 Å². The number of benzene rings is 1. The fourth-order valence-electron chi connectivity index (χ4n) is 3.89. The second-order valence-electron chi connectivity index (χ2n) is 6.91. The molecule has 2 heterocycles. The number of pyridine rings is 1. The third-order valence-corrected chi connectivity index (χ3v) is 5.11. The van der Waals surface area contributed by atoms with Crippen LogP contribution in [0.3, 0.4) is 0 Å². The maximum Gasteiger partial charge on any atom is 0.203 e. The predicted molar refractivity (Wildman–Crippen MR) is 97.6 cm³/mol. The van der Waals surface area contributed by atoms with Crippen LogP contribution in [0.4, 0.5) is 0 Å². The largest absolute Gasteiger partial charge is 0.493 e. The average Bonchev–Trinajstić information content (AvgIpc) is 2.96. The quantitative estimate of drug-likeness (QED) is 0.898. The Morgan fingerprint density at radius 1 is 0.960 bits per heavy atom. The highest BCUT2D eigenvalue weighted by Crippen LogP contribution is 2.49. The number of nitrogens with one attached hydrogen (secondary N) is 1. The van der Waals surface area contributed by atoms with Crippen molar-refractivity contribution in [1.82, 2.24) is 10.3 Å². The van der Waals surface area contributed by atoms with E-state index in [0.29, 0.717) is 17.4 Å². The molecule has 1 aliphatic heterocycles. The minimum atomic E-state index is -0.0375. The molecule has 3 rings (SSSR count). The van der Waals surface area contributed by atoms with E-state index in [4.69, 9.17) is 14.2 Å². The first-order chi connectivity index (χ1) is 12.0. The number of aromatic nitrogens is 1. The molecule has 0 bridgehead atoms. The molecule has 1 aromatic carbocycles. The molecule has 134 valence electrons. The Kier molecular flexibility index (Phi) is 4.86. The van der Waals surface area contributed by atoms with Crippen molar-refractivity contribution in [2.45, 2.75) is 37.8 Å². The van der Waals surface area contributed by atoms with Gasteiger partial charge in [-0.25, -0.2) is 0 Å². The molecule has 5 heteroatoms. The number of hydrogen-bond donors (Lipinski definition) is 1. The molecule has 1 N–H and O–H groups in total. The Labute approximate surface area is 149 Å². The van der Waals surface area contributed by atoms with E-state index in [1.54, 1.807) is 21.3 Å². The van der Waals surface area contributed by atoms with Gasteiger partial charge >= 0.3 is 0 Å². The predicted octanol–water partition coefficient (Wildman–Crippen LogP) is 3.70. The summed E-state index contributed by atoms with van der Waals surface area (Å²) < 4.78 is 16.6. The van der Waals surface area contributed by atoms with Crippen LogP contribution in [0.25, 0.3) is 0 Å². The van der Waals surface area contributed by atoms with Gasteiger partial charge in [-0.05, 0) is 50.1 Å². The highest BCUT2D eigenvalue weighted by Gasteiger charge is 2.42. The van der Waals surface area contributed by atoms with Crippen molar-refractivity contribution in [1.29, 1.82) is 0 Å². The maximum absolute atomic E-state index is 5.68. The minimum Gasteiger partial charge on any atom is -0.493 e. The molecule has 2 unspecified atom stereocenters. The van der Waals surface area contributed by atoms with Crippen molar-refractivity contribution in [3.63, 3.8) is 0 Å². The maximum atomic E-state index is 5.68. The molecule has 1 fully saturated rings. The van der Waals surface area contributed by atoms with Gasteiger partial charge < -0.3 is 19.5 Å². The molecule has 0 spiro atoms. The smallest absolute Gasteiger partial charge is 0.203 e. The van der Waals surface area contributed by atoms with Crippen LogP contribution in [0.15, 0.2) is 36.7 Å². The van der Waals surface area contributed by atoms with E-state index >= 15 is 0 Å². The number of nitrogens with zero attached hydrogens (tertiary/aromatic N) is 1. The summed E-state index contributed by atoms with van der Waals surface area (Å²) in [7, 11) is 4.94. The topological polar surface area (TPSA) is 52.6 Å². The molecule has 1 saturated heterocycles. The highest BCUT2D eigenvalue weighted by molar-refractivity contribution is 5.57. The SMILES string of the molecule is COc1ccc(C2CC(c3ccncc3)C(C)(C)N2)c(OC)c1OC. The monoisotopic (exact) mass is 342 g/mol. The molecular weight excluding hydrogens is 316 g/mol. The summed E-state index contributed by atoms with van der Waals surface area (Å²) in [6.45, 7) is 4.48. The average molecular weight is 342 g/mol. The summed E-state index contributed by atoms with van der Waals surface area (Å²) in [6.07, 6.45) is 4.69. The lowest BCUT2D eigenvalue weighted by molar-refractivity contribution is 0.319. The van der Waals surface area contributed by atoms with Gasteiger partial charge in [-0.15, -0.1) is 0 Å². The van der Waals surface area contributed by atoms with Crippen LogP contribution in [-0.4, -0.2) is 31.9 Å². The van der Waals surface area contributed by atoms with Gasteiger partial charge in [-0.1, -0.05) is 0 Å². The summed E-state index contributed by atoms with van der Waals surface area (Å²) in [5.74, 6) is 2.42. The first kappa shape index (κ1) is 17.5. The minimum absolute atomic E-state index is 0.0375. The van der Waals surface area contributed by atoms with Crippen LogP contribution >= 0.6 is 0 Å². The second kappa shape index (κ2) is 6.92. The molecular formula is C20H26N2O3. The Balaban J connectivity index is 1.98. The molecule has 2 atom stereocenters. The lowest BCUT2D eigenvalue weighted by atomic mass is 9.83. The van der Waals surface area contributed by atoms with Crippen LogP contribution in [0.2, 0.25) is 0 Å². The molecule has 1 aliphatic rings. The summed E-state index contributed by atoms with van der Waals surface area (Å²) in [4.78, 5) is 4.14. The van der Waals surface area contributed by atoms with Crippen LogP contribution in [0, 0.1) is 0 Å². The van der Waals surface area contributed by atoms with Gasteiger partial charge in [0, 0.05) is 35.5 Å². The van der Waals surface area contributed by atoms with Crippen molar-refractivity contribution in [2.75, 3.05) is 21.3 Å². The molecule has 0 amide bonds. The lowest BCUT2D eigenvalue weighted by Gasteiger charge is -2.27. The Morgan fingerprint density at radius 2 is 1.64 bits per heavy atom. The fourth-order valence-corrected chi connectivity index (χ4v) is 3.89. The fraction of sp³-hybridized carbons (Fsp3) is 0.450. The number of methoxy groups -OCH3 is 3. The Morgan fingerprint density at radius 3 is 2.24 bits per heavy atom. The van der Waals surface area contributed by atoms with Crippen LogP contribution in [-0.2, 0) is 0 Å². The van der Waals surface area contributed by atoms with Crippen LogP contribution < -0.4 is 19.5 Å². The summed E-state index contributed by atoms with van der Waals surface area (Å²) in [6, 6.07) is 8.36. The van der Waals surface area contributed by atoms with Gasteiger partial charge in [-0.3, -0.25) is 4.98 Å². The number of rotatable bonds is 5. The van der Waals surface area contributed by atoms with Gasteiger partial charge in [0.1, 0.15) is 0 Å². The van der Waals surface area contributed by atoms with Gasteiger partial charge in [0.05, 0.1) is 21.3 Å².